The minimum atomic E-state index is -3.69. The van der Waals surface area contributed by atoms with Crippen LogP contribution in [0.3, 0.4) is 0 Å². The molecule has 1 fully saturated rings. The Morgan fingerprint density at radius 2 is 1.62 bits per heavy atom. The van der Waals surface area contributed by atoms with Gasteiger partial charge in [0.05, 0.1) is 22.0 Å². The highest BCUT2D eigenvalue weighted by molar-refractivity contribution is 7.92. The standard InChI is InChI=1S/C35H41Cl2N3O6S/c1-47(43,44)40(28-15-17-32-33(23-28)46-20-19-45-32)18-8-13-34(41)39(24-26-14-16-29(36)30(37)21-26)31(22-25-9-4-2-5-10-25)35(42)38-27-11-6-3-7-12-27/h2,4-5,9-10,14-17,21,23,27,31H,3,6-8,11-13,18-20,22,24H2,1H3,(H,38,42)/t31-/m0/s1. The second-order valence-electron chi connectivity index (χ2n) is 12.1. The molecule has 0 spiro atoms. The highest BCUT2D eigenvalue weighted by atomic mass is 35.5. The van der Waals surface area contributed by atoms with Gasteiger partial charge < -0.3 is 19.7 Å². The zero-order valence-electron chi connectivity index (χ0n) is 26.5. The highest BCUT2D eigenvalue weighted by Crippen LogP contribution is 2.35. The van der Waals surface area contributed by atoms with Crippen molar-refractivity contribution in [2.45, 2.75) is 70.0 Å². The highest BCUT2D eigenvalue weighted by Gasteiger charge is 2.32. The van der Waals surface area contributed by atoms with Crippen molar-refractivity contribution in [1.82, 2.24) is 10.2 Å². The lowest BCUT2D eigenvalue weighted by atomic mass is 9.94. The summed E-state index contributed by atoms with van der Waals surface area (Å²) in [7, 11) is -3.69. The Labute approximate surface area is 287 Å². The number of amides is 2. The maximum atomic E-state index is 14.2. The van der Waals surface area contributed by atoms with Gasteiger partial charge in [-0.1, -0.05) is 78.9 Å². The van der Waals surface area contributed by atoms with Gasteiger partial charge >= 0.3 is 0 Å². The number of nitrogens with one attached hydrogen (secondary N) is 1. The Kier molecular flexibility index (Phi) is 11.9. The maximum absolute atomic E-state index is 14.2. The molecule has 12 heteroatoms. The van der Waals surface area contributed by atoms with E-state index in [1.54, 1.807) is 41.3 Å². The Hall–Kier alpha value is -3.47. The number of anilines is 1. The van der Waals surface area contributed by atoms with Crippen LogP contribution in [0, 0.1) is 0 Å². The van der Waals surface area contributed by atoms with E-state index in [0.717, 1.165) is 49.5 Å². The van der Waals surface area contributed by atoms with Gasteiger partial charge in [0.25, 0.3) is 0 Å². The fourth-order valence-electron chi connectivity index (χ4n) is 6.12. The molecule has 0 bridgehead atoms. The van der Waals surface area contributed by atoms with E-state index in [1.165, 1.54) is 4.31 Å². The fraction of sp³-hybridized carbons (Fsp3) is 0.429. The number of rotatable bonds is 13. The van der Waals surface area contributed by atoms with Crippen LogP contribution in [-0.4, -0.2) is 63.2 Å². The third kappa shape index (κ3) is 9.55. The summed E-state index contributed by atoms with van der Waals surface area (Å²) in [6, 6.07) is 19.0. The van der Waals surface area contributed by atoms with Crippen LogP contribution in [0.2, 0.25) is 10.0 Å². The van der Waals surface area contributed by atoms with Gasteiger partial charge in [-0.3, -0.25) is 13.9 Å². The van der Waals surface area contributed by atoms with Crippen molar-refractivity contribution < 1.29 is 27.5 Å². The first-order chi connectivity index (χ1) is 22.6. The zero-order valence-corrected chi connectivity index (χ0v) is 28.8. The number of nitrogens with zero attached hydrogens (tertiary/aromatic N) is 2. The van der Waals surface area contributed by atoms with Crippen molar-refractivity contribution in [1.29, 1.82) is 0 Å². The monoisotopic (exact) mass is 701 g/mol. The number of ether oxygens (including phenoxy) is 2. The van der Waals surface area contributed by atoms with E-state index >= 15 is 0 Å². The van der Waals surface area contributed by atoms with Gasteiger partial charge in [-0.25, -0.2) is 8.42 Å². The molecule has 1 heterocycles. The normalized spacial score (nSPS) is 15.5. The Morgan fingerprint density at radius 1 is 0.894 bits per heavy atom. The predicted octanol–water partition coefficient (Wildman–Crippen LogP) is 6.40. The van der Waals surface area contributed by atoms with Crippen LogP contribution in [0.1, 0.15) is 56.1 Å². The van der Waals surface area contributed by atoms with Crippen molar-refractivity contribution in [3.8, 4) is 11.5 Å². The molecule has 3 aromatic carbocycles. The third-order valence-electron chi connectivity index (χ3n) is 8.53. The van der Waals surface area contributed by atoms with Crippen molar-refractivity contribution in [2.75, 3.05) is 30.3 Å². The topological polar surface area (TPSA) is 105 Å². The Balaban J connectivity index is 1.39. The van der Waals surface area contributed by atoms with Gasteiger partial charge in [0.15, 0.2) is 11.5 Å². The van der Waals surface area contributed by atoms with E-state index in [4.69, 9.17) is 32.7 Å². The molecule has 2 aliphatic rings. The molecule has 252 valence electrons. The molecule has 1 N–H and O–H groups in total. The molecule has 1 aliphatic heterocycles. The van der Waals surface area contributed by atoms with Gasteiger partial charge in [0, 0.05) is 38.0 Å². The summed E-state index contributed by atoms with van der Waals surface area (Å²) in [4.78, 5) is 29.8. The van der Waals surface area contributed by atoms with Crippen LogP contribution in [0.4, 0.5) is 5.69 Å². The molecule has 47 heavy (non-hydrogen) atoms. The lowest BCUT2D eigenvalue weighted by Gasteiger charge is -2.34. The average Bonchev–Trinajstić information content (AvgIpc) is 3.06. The number of carbonyl (C=O) groups excluding carboxylic acids is 2. The van der Waals surface area contributed by atoms with Crippen LogP contribution in [0.5, 0.6) is 11.5 Å². The first-order valence-electron chi connectivity index (χ1n) is 16.0. The molecule has 1 atom stereocenters. The van der Waals surface area contributed by atoms with E-state index in [2.05, 4.69) is 5.32 Å². The second kappa shape index (κ2) is 16.1. The third-order valence-corrected chi connectivity index (χ3v) is 10.5. The molecular weight excluding hydrogens is 661 g/mol. The van der Waals surface area contributed by atoms with Gasteiger partial charge in [-0.15, -0.1) is 0 Å². The molecule has 1 aliphatic carbocycles. The molecule has 5 rings (SSSR count). The number of fused-ring (bicyclic) bond motifs is 1. The largest absolute Gasteiger partial charge is 0.486 e. The van der Waals surface area contributed by atoms with Gasteiger partial charge in [-0.2, -0.15) is 0 Å². The van der Waals surface area contributed by atoms with E-state index in [1.807, 2.05) is 30.3 Å². The van der Waals surface area contributed by atoms with Crippen LogP contribution in [0.15, 0.2) is 66.7 Å². The number of sulfonamides is 1. The molecular formula is C35H41Cl2N3O6S. The van der Waals surface area contributed by atoms with Crippen molar-refractivity contribution >= 4 is 50.7 Å². The summed E-state index contributed by atoms with van der Waals surface area (Å²) in [6.45, 7) is 0.982. The molecule has 9 nitrogen and oxygen atoms in total. The first-order valence-corrected chi connectivity index (χ1v) is 18.6. The summed E-state index contributed by atoms with van der Waals surface area (Å²) >= 11 is 12.5. The van der Waals surface area contributed by atoms with Crippen LogP contribution < -0.4 is 19.1 Å². The van der Waals surface area contributed by atoms with Crippen molar-refractivity contribution in [2.24, 2.45) is 0 Å². The lowest BCUT2D eigenvalue weighted by molar-refractivity contribution is -0.141. The van der Waals surface area contributed by atoms with Crippen LogP contribution >= 0.6 is 23.2 Å². The maximum Gasteiger partial charge on any atom is 0.243 e. The molecule has 3 aromatic rings. The minimum absolute atomic E-state index is 0.0138. The van der Waals surface area contributed by atoms with Gasteiger partial charge in [-0.05, 0) is 54.7 Å². The summed E-state index contributed by atoms with van der Waals surface area (Å²) in [6.07, 6.45) is 6.77. The summed E-state index contributed by atoms with van der Waals surface area (Å²) in [5.41, 5.74) is 2.07. The van der Waals surface area contributed by atoms with Crippen molar-refractivity contribution in [3.05, 3.63) is 87.9 Å². The van der Waals surface area contributed by atoms with E-state index < -0.39 is 16.1 Å². The molecule has 1 saturated carbocycles. The predicted molar refractivity (Wildman–Crippen MR) is 185 cm³/mol. The molecule has 0 unspecified atom stereocenters. The molecule has 0 aromatic heterocycles. The first kappa shape index (κ1) is 34.9. The van der Waals surface area contributed by atoms with E-state index in [9.17, 15) is 18.0 Å². The Bertz CT molecular complexity index is 1650. The van der Waals surface area contributed by atoms with Gasteiger partial charge in [0.1, 0.15) is 19.3 Å². The zero-order chi connectivity index (χ0) is 33.4. The lowest BCUT2D eigenvalue weighted by Crippen LogP contribution is -2.52. The van der Waals surface area contributed by atoms with Crippen molar-refractivity contribution in [3.63, 3.8) is 0 Å². The SMILES string of the molecule is CS(=O)(=O)N(CCCC(=O)N(Cc1ccc(Cl)c(Cl)c1)[C@@H](Cc1ccccc1)C(=O)NC1CCCCC1)c1ccc2c(c1)OCCO2. The summed E-state index contributed by atoms with van der Waals surface area (Å²) in [5.74, 6) is 0.547. The van der Waals surface area contributed by atoms with E-state index in [-0.39, 0.29) is 43.8 Å². The van der Waals surface area contributed by atoms with Crippen LogP contribution in [0.25, 0.3) is 0 Å². The number of halogens is 2. The quantitative estimate of drug-likeness (QED) is 0.221. The van der Waals surface area contributed by atoms with Crippen LogP contribution in [-0.2, 0) is 32.6 Å². The second-order valence-corrected chi connectivity index (χ2v) is 14.8. The summed E-state index contributed by atoms with van der Waals surface area (Å²) < 4.78 is 38.3. The molecule has 0 saturated heterocycles. The average molecular weight is 703 g/mol. The fourth-order valence-corrected chi connectivity index (χ4v) is 7.40. The molecule has 2 amide bonds. The van der Waals surface area contributed by atoms with Gasteiger partial charge in [0.2, 0.25) is 21.8 Å². The smallest absolute Gasteiger partial charge is 0.243 e. The number of benzene rings is 3. The number of hydrogen-bond acceptors (Lipinski definition) is 6. The summed E-state index contributed by atoms with van der Waals surface area (Å²) in [5, 5.41) is 3.98. The molecule has 0 radical (unpaired) electrons. The van der Waals surface area contributed by atoms with E-state index in [0.29, 0.717) is 46.9 Å². The Morgan fingerprint density at radius 3 is 2.32 bits per heavy atom. The minimum Gasteiger partial charge on any atom is -0.486 e. The number of carbonyl (C=O) groups is 2. The number of hydrogen-bond donors (Lipinski definition) is 1.